The lowest BCUT2D eigenvalue weighted by atomic mass is 9.79. The molecule has 1 aliphatic heterocycles. The summed E-state index contributed by atoms with van der Waals surface area (Å²) in [6.07, 6.45) is 6.53. The van der Waals surface area contributed by atoms with Crippen LogP contribution in [0.3, 0.4) is 0 Å². The van der Waals surface area contributed by atoms with Gasteiger partial charge in [-0.05, 0) is 25.7 Å². The first-order valence-corrected chi connectivity index (χ1v) is 5.23. The minimum absolute atomic E-state index is 0.116. The monoisotopic (exact) mass is 205 g/mol. The number of amides is 1. The number of nitrogens with one attached hydrogen (secondary N) is 1. The molecule has 2 unspecified atom stereocenters. The van der Waals surface area contributed by atoms with Gasteiger partial charge in [0.1, 0.15) is 0 Å². The second kappa shape index (κ2) is 4.08. The molecule has 0 radical (unpaired) electrons. The van der Waals surface area contributed by atoms with Crippen molar-refractivity contribution in [1.29, 1.82) is 0 Å². The molecular weight excluding hydrogens is 190 g/mol. The Balaban J connectivity index is 1.91. The van der Waals surface area contributed by atoms with Crippen LogP contribution in [-0.2, 0) is 9.53 Å². The maximum atomic E-state index is 11.2. The largest absolute Gasteiger partial charge is 0.373 e. The van der Waals surface area contributed by atoms with E-state index in [1.807, 2.05) is 0 Å². The number of fused-ring (bicyclic) bond motifs is 2. The first-order chi connectivity index (χ1) is 7.24. The Morgan fingerprint density at radius 1 is 1.73 bits per heavy atom. The van der Waals surface area contributed by atoms with Crippen molar-refractivity contribution >= 4 is 5.91 Å². The quantitative estimate of drug-likeness (QED) is 0.536. The first kappa shape index (κ1) is 10.3. The van der Waals surface area contributed by atoms with Gasteiger partial charge in [0.2, 0.25) is 0 Å². The second-order valence-corrected chi connectivity index (χ2v) is 4.24. The Kier molecular flexibility index (Phi) is 2.79. The molecule has 15 heavy (non-hydrogen) atoms. The fraction of sp³-hybridized carbons (Fsp3) is 0.583. The summed E-state index contributed by atoms with van der Waals surface area (Å²) in [5, 5.41) is 2.85. The number of hydrogen-bond donors (Lipinski definition) is 1. The van der Waals surface area contributed by atoms with Crippen LogP contribution in [-0.4, -0.2) is 25.2 Å². The Labute approximate surface area is 89.9 Å². The number of rotatable bonds is 2. The van der Waals surface area contributed by atoms with E-state index in [4.69, 9.17) is 4.74 Å². The zero-order valence-electron chi connectivity index (χ0n) is 8.88. The standard InChI is InChI=1S/C12H15NO2/c1-2-4-11(14)13-8-12-6-3-5-10(7-12)15-9-12/h3,5,10H,6-9H2,1H3,(H,13,14). The van der Waals surface area contributed by atoms with Crippen molar-refractivity contribution < 1.29 is 9.53 Å². The summed E-state index contributed by atoms with van der Waals surface area (Å²) in [4.78, 5) is 11.2. The predicted molar refractivity (Wildman–Crippen MR) is 57.0 cm³/mol. The van der Waals surface area contributed by atoms with E-state index in [1.165, 1.54) is 0 Å². The molecule has 2 aliphatic rings. The summed E-state index contributed by atoms with van der Waals surface area (Å²) >= 11 is 0. The molecule has 1 amide bonds. The minimum atomic E-state index is -0.190. The molecule has 2 rings (SSSR count). The maximum Gasteiger partial charge on any atom is 0.295 e. The molecule has 0 aromatic carbocycles. The zero-order valence-corrected chi connectivity index (χ0v) is 8.88. The fourth-order valence-electron chi connectivity index (χ4n) is 2.18. The lowest BCUT2D eigenvalue weighted by Crippen LogP contribution is -2.38. The lowest BCUT2D eigenvalue weighted by molar-refractivity contribution is -0.116. The summed E-state index contributed by atoms with van der Waals surface area (Å²) in [5.74, 6) is 4.88. The average Bonchev–Trinajstić information content (AvgIpc) is 2.53. The molecule has 0 spiro atoms. The molecule has 2 atom stereocenters. The molecule has 1 fully saturated rings. The van der Waals surface area contributed by atoms with Gasteiger partial charge in [-0.25, -0.2) is 0 Å². The molecule has 3 heteroatoms. The molecule has 2 bridgehead atoms. The SMILES string of the molecule is CC#CC(=O)NCC12CC=CC(C1)OC2. The average molecular weight is 205 g/mol. The molecule has 80 valence electrons. The van der Waals surface area contributed by atoms with Gasteiger partial charge in [0.25, 0.3) is 5.91 Å². The summed E-state index contributed by atoms with van der Waals surface area (Å²) in [7, 11) is 0. The maximum absolute atomic E-state index is 11.2. The molecular formula is C12H15NO2. The number of ether oxygens (including phenoxy) is 1. The third-order valence-electron chi connectivity index (χ3n) is 3.00. The molecule has 0 aromatic rings. The van der Waals surface area contributed by atoms with E-state index in [0.717, 1.165) is 19.4 Å². The molecule has 1 saturated heterocycles. The van der Waals surface area contributed by atoms with E-state index >= 15 is 0 Å². The number of hydrogen-bond acceptors (Lipinski definition) is 2. The van der Waals surface area contributed by atoms with Crippen molar-refractivity contribution in [2.75, 3.05) is 13.2 Å². The van der Waals surface area contributed by atoms with E-state index in [9.17, 15) is 4.79 Å². The van der Waals surface area contributed by atoms with Gasteiger partial charge in [-0.1, -0.05) is 18.1 Å². The van der Waals surface area contributed by atoms with Gasteiger partial charge in [0, 0.05) is 12.0 Å². The van der Waals surface area contributed by atoms with Crippen LogP contribution < -0.4 is 5.32 Å². The highest BCUT2D eigenvalue weighted by atomic mass is 16.5. The van der Waals surface area contributed by atoms with E-state index < -0.39 is 0 Å². The first-order valence-electron chi connectivity index (χ1n) is 5.23. The third-order valence-corrected chi connectivity index (χ3v) is 3.00. The minimum Gasteiger partial charge on any atom is -0.373 e. The fourth-order valence-corrected chi connectivity index (χ4v) is 2.18. The molecule has 3 nitrogen and oxygen atoms in total. The predicted octanol–water partition coefficient (Wildman–Crippen LogP) is 0.861. The van der Waals surface area contributed by atoms with Crippen molar-refractivity contribution in [2.45, 2.75) is 25.9 Å². The normalized spacial score (nSPS) is 31.9. The molecule has 1 N–H and O–H groups in total. The topological polar surface area (TPSA) is 38.3 Å². The van der Waals surface area contributed by atoms with Gasteiger partial charge in [-0.15, -0.1) is 0 Å². The van der Waals surface area contributed by atoms with E-state index in [2.05, 4.69) is 29.3 Å². The van der Waals surface area contributed by atoms with E-state index in [-0.39, 0.29) is 17.4 Å². The van der Waals surface area contributed by atoms with Crippen molar-refractivity contribution in [3.05, 3.63) is 12.2 Å². The van der Waals surface area contributed by atoms with Crippen LogP contribution in [0.5, 0.6) is 0 Å². The van der Waals surface area contributed by atoms with Crippen LogP contribution in [0, 0.1) is 17.3 Å². The highest BCUT2D eigenvalue weighted by Gasteiger charge is 2.40. The Bertz CT molecular complexity index is 350. The van der Waals surface area contributed by atoms with Crippen molar-refractivity contribution in [3.8, 4) is 11.8 Å². The van der Waals surface area contributed by atoms with Crippen molar-refractivity contribution in [2.24, 2.45) is 5.41 Å². The molecule has 1 heterocycles. The van der Waals surface area contributed by atoms with Gasteiger partial charge < -0.3 is 10.1 Å². The highest BCUT2D eigenvalue weighted by Crippen LogP contribution is 2.39. The van der Waals surface area contributed by atoms with Gasteiger partial charge in [0.15, 0.2) is 0 Å². The van der Waals surface area contributed by atoms with Crippen LogP contribution in [0.1, 0.15) is 19.8 Å². The van der Waals surface area contributed by atoms with Crippen LogP contribution in [0.15, 0.2) is 12.2 Å². The molecule has 0 aromatic heterocycles. The Hall–Kier alpha value is -1.27. The van der Waals surface area contributed by atoms with Gasteiger partial charge in [-0.2, -0.15) is 0 Å². The van der Waals surface area contributed by atoms with Crippen LogP contribution in [0.25, 0.3) is 0 Å². The smallest absolute Gasteiger partial charge is 0.295 e. The number of carbonyl (C=O) groups excluding carboxylic acids is 1. The number of allylic oxidation sites excluding steroid dienone is 1. The molecule has 0 saturated carbocycles. The Morgan fingerprint density at radius 2 is 2.60 bits per heavy atom. The summed E-state index contributed by atoms with van der Waals surface area (Å²) < 4.78 is 5.60. The summed E-state index contributed by atoms with van der Waals surface area (Å²) in [6, 6.07) is 0. The zero-order chi connectivity index (χ0) is 10.7. The summed E-state index contributed by atoms with van der Waals surface area (Å²) in [5.41, 5.74) is 0.116. The van der Waals surface area contributed by atoms with Crippen molar-refractivity contribution in [3.63, 3.8) is 0 Å². The van der Waals surface area contributed by atoms with Gasteiger partial charge in [-0.3, -0.25) is 4.79 Å². The third kappa shape index (κ3) is 2.21. The van der Waals surface area contributed by atoms with E-state index in [0.29, 0.717) is 6.54 Å². The second-order valence-electron chi connectivity index (χ2n) is 4.24. The van der Waals surface area contributed by atoms with Gasteiger partial charge >= 0.3 is 0 Å². The molecule has 1 aliphatic carbocycles. The Morgan fingerprint density at radius 3 is 3.40 bits per heavy atom. The van der Waals surface area contributed by atoms with Crippen LogP contribution in [0.2, 0.25) is 0 Å². The van der Waals surface area contributed by atoms with Crippen LogP contribution >= 0.6 is 0 Å². The van der Waals surface area contributed by atoms with Crippen molar-refractivity contribution in [1.82, 2.24) is 5.32 Å². The lowest BCUT2D eigenvalue weighted by Gasteiger charge is -2.27. The van der Waals surface area contributed by atoms with Crippen LogP contribution in [0.4, 0.5) is 0 Å². The summed E-state index contributed by atoms with van der Waals surface area (Å²) in [6.45, 7) is 3.07. The van der Waals surface area contributed by atoms with E-state index in [1.54, 1.807) is 6.92 Å². The highest BCUT2D eigenvalue weighted by molar-refractivity contribution is 5.93. The number of carbonyl (C=O) groups is 1. The van der Waals surface area contributed by atoms with Gasteiger partial charge in [0.05, 0.1) is 12.7 Å².